The Morgan fingerprint density at radius 2 is 2.47 bits per heavy atom. The Hall–Kier alpha value is -1.26. The van der Waals surface area contributed by atoms with E-state index in [1.807, 2.05) is 17.5 Å². The van der Waals surface area contributed by atoms with Crippen LogP contribution in [0.4, 0.5) is 0 Å². The number of hydrogen-bond acceptors (Lipinski definition) is 4. The van der Waals surface area contributed by atoms with E-state index in [1.165, 1.54) is 0 Å². The Balaban J connectivity index is 2.04. The summed E-state index contributed by atoms with van der Waals surface area (Å²) in [7, 11) is 1.66. The molecule has 2 N–H and O–H groups in total. The molecule has 0 fully saturated rings. The predicted octanol–water partition coefficient (Wildman–Crippen LogP) is 2.59. The topological polar surface area (TPSA) is 48.4 Å². The van der Waals surface area contributed by atoms with E-state index < -0.39 is 0 Å². The molecule has 0 amide bonds. The van der Waals surface area contributed by atoms with Crippen LogP contribution in [0.25, 0.3) is 0 Å². The van der Waals surface area contributed by atoms with Crippen molar-refractivity contribution in [3.63, 3.8) is 0 Å². The normalized spacial score (nSPS) is 12.7. The Morgan fingerprint density at radius 1 is 1.60 bits per heavy atom. The van der Waals surface area contributed by atoms with Crippen LogP contribution < -0.4 is 10.5 Å². The van der Waals surface area contributed by atoms with Crippen LogP contribution in [-0.4, -0.2) is 7.11 Å². The fourth-order valence-electron chi connectivity index (χ4n) is 1.40. The van der Waals surface area contributed by atoms with Gasteiger partial charge in [0, 0.05) is 16.3 Å². The molecular weight excluding hydrogens is 210 g/mol. The van der Waals surface area contributed by atoms with Gasteiger partial charge in [-0.05, 0) is 24.1 Å². The van der Waals surface area contributed by atoms with Crippen molar-refractivity contribution in [3.05, 3.63) is 40.5 Å². The lowest BCUT2D eigenvalue weighted by Crippen LogP contribution is -2.11. The Kier molecular flexibility index (Phi) is 3.08. The van der Waals surface area contributed by atoms with E-state index in [-0.39, 0.29) is 6.04 Å². The molecule has 0 aromatic carbocycles. The quantitative estimate of drug-likeness (QED) is 0.866. The molecule has 2 rings (SSSR count). The molecule has 3 nitrogen and oxygen atoms in total. The molecule has 0 radical (unpaired) electrons. The van der Waals surface area contributed by atoms with E-state index >= 15 is 0 Å². The fraction of sp³-hybridized carbons (Fsp3) is 0.273. The van der Waals surface area contributed by atoms with Gasteiger partial charge in [0.25, 0.3) is 0 Å². The van der Waals surface area contributed by atoms with Crippen molar-refractivity contribution in [3.8, 4) is 5.75 Å². The van der Waals surface area contributed by atoms with E-state index in [2.05, 4.69) is 0 Å². The minimum absolute atomic E-state index is 0.0106. The van der Waals surface area contributed by atoms with E-state index in [4.69, 9.17) is 14.9 Å². The third kappa shape index (κ3) is 2.40. The lowest BCUT2D eigenvalue weighted by Gasteiger charge is -2.06. The van der Waals surface area contributed by atoms with Gasteiger partial charge in [-0.3, -0.25) is 0 Å². The average molecular weight is 223 g/mol. The van der Waals surface area contributed by atoms with E-state index in [1.54, 1.807) is 31.0 Å². The van der Waals surface area contributed by atoms with Crippen LogP contribution in [0, 0.1) is 0 Å². The molecule has 2 aromatic heterocycles. The fourth-order valence-corrected chi connectivity index (χ4v) is 2.26. The maximum absolute atomic E-state index is 6.07. The summed E-state index contributed by atoms with van der Waals surface area (Å²) in [6, 6.07) is 3.93. The second-order valence-electron chi connectivity index (χ2n) is 3.33. The third-order valence-corrected chi connectivity index (χ3v) is 3.28. The molecule has 0 spiro atoms. The molecule has 1 unspecified atom stereocenters. The van der Waals surface area contributed by atoms with Gasteiger partial charge < -0.3 is 14.9 Å². The molecule has 0 saturated heterocycles. The van der Waals surface area contributed by atoms with Crippen LogP contribution in [-0.2, 0) is 6.42 Å². The largest absolute Gasteiger partial charge is 0.496 e. The van der Waals surface area contributed by atoms with Gasteiger partial charge in [-0.1, -0.05) is 0 Å². The summed E-state index contributed by atoms with van der Waals surface area (Å²) in [5.74, 6) is 0.873. The molecule has 4 heteroatoms. The zero-order chi connectivity index (χ0) is 10.7. The van der Waals surface area contributed by atoms with Gasteiger partial charge in [0.2, 0.25) is 0 Å². The first kappa shape index (κ1) is 10.3. The number of rotatable bonds is 4. The van der Waals surface area contributed by atoms with Crippen molar-refractivity contribution in [1.29, 1.82) is 0 Å². The van der Waals surface area contributed by atoms with Gasteiger partial charge in [-0.2, -0.15) is 0 Å². The van der Waals surface area contributed by atoms with Gasteiger partial charge in [0.1, 0.15) is 5.75 Å². The molecule has 0 bridgehead atoms. The van der Waals surface area contributed by atoms with Gasteiger partial charge in [0.15, 0.2) is 0 Å². The molecule has 0 aliphatic carbocycles. The monoisotopic (exact) mass is 223 g/mol. The first-order chi connectivity index (χ1) is 7.29. The number of nitrogens with two attached hydrogens (primary N) is 1. The zero-order valence-corrected chi connectivity index (χ0v) is 9.29. The summed E-state index contributed by atoms with van der Waals surface area (Å²) >= 11 is 1.62. The minimum atomic E-state index is 0.0106. The third-order valence-electron chi connectivity index (χ3n) is 2.23. The number of furan rings is 1. The van der Waals surface area contributed by atoms with Gasteiger partial charge >= 0.3 is 0 Å². The standard InChI is InChI=1S/C11H13NO2S/c1-13-9-5-11(15-7-9)10(12)4-8-2-3-14-6-8/h2-3,5-7,10H,4,12H2,1H3. The molecule has 15 heavy (non-hydrogen) atoms. The maximum Gasteiger partial charge on any atom is 0.129 e. The van der Waals surface area contributed by atoms with Crippen LogP contribution in [0.2, 0.25) is 0 Å². The molecule has 0 aliphatic heterocycles. The van der Waals surface area contributed by atoms with Gasteiger partial charge in [0.05, 0.1) is 19.6 Å². The molecule has 2 heterocycles. The van der Waals surface area contributed by atoms with E-state index in [0.717, 1.165) is 22.6 Å². The van der Waals surface area contributed by atoms with E-state index in [0.29, 0.717) is 0 Å². The van der Waals surface area contributed by atoms with Crippen molar-refractivity contribution in [2.45, 2.75) is 12.5 Å². The number of ether oxygens (including phenoxy) is 1. The average Bonchev–Trinajstić information content (AvgIpc) is 2.86. The summed E-state index contributed by atoms with van der Waals surface area (Å²) in [6.45, 7) is 0. The van der Waals surface area contributed by atoms with E-state index in [9.17, 15) is 0 Å². The van der Waals surface area contributed by atoms with Crippen LogP contribution in [0.1, 0.15) is 16.5 Å². The minimum Gasteiger partial charge on any atom is -0.496 e. The van der Waals surface area contributed by atoms with Crippen LogP contribution in [0.3, 0.4) is 0 Å². The first-order valence-corrected chi connectivity index (χ1v) is 5.56. The SMILES string of the molecule is COc1csc(C(N)Cc2ccoc2)c1. The van der Waals surface area contributed by atoms with Gasteiger partial charge in [-0.15, -0.1) is 11.3 Å². The van der Waals surface area contributed by atoms with Crippen LogP contribution in [0.5, 0.6) is 5.75 Å². The van der Waals surface area contributed by atoms with Crippen molar-refractivity contribution in [2.24, 2.45) is 5.73 Å². The number of methoxy groups -OCH3 is 1. The molecule has 80 valence electrons. The predicted molar refractivity (Wildman–Crippen MR) is 60.2 cm³/mol. The lowest BCUT2D eigenvalue weighted by molar-refractivity contribution is 0.416. The molecule has 0 aliphatic rings. The smallest absolute Gasteiger partial charge is 0.129 e. The summed E-state index contributed by atoms with van der Waals surface area (Å²) in [5, 5.41) is 1.96. The van der Waals surface area contributed by atoms with Crippen molar-refractivity contribution < 1.29 is 9.15 Å². The number of hydrogen-bond donors (Lipinski definition) is 1. The zero-order valence-electron chi connectivity index (χ0n) is 8.47. The molecule has 0 saturated carbocycles. The highest BCUT2D eigenvalue weighted by Crippen LogP contribution is 2.27. The Morgan fingerprint density at radius 3 is 3.07 bits per heavy atom. The second kappa shape index (κ2) is 4.51. The van der Waals surface area contributed by atoms with Crippen molar-refractivity contribution in [2.75, 3.05) is 7.11 Å². The molecule has 1 atom stereocenters. The summed E-state index contributed by atoms with van der Waals surface area (Å²) in [6.07, 6.45) is 4.18. The summed E-state index contributed by atoms with van der Waals surface area (Å²) in [5.41, 5.74) is 7.19. The highest BCUT2D eigenvalue weighted by molar-refractivity contribution is 7.10. The first-order valence-electron chi connectivity index (χ1n) is 4.68. The Bertz CT molecular complexity index is 408. The van der Waals surface area contributed by atoms with Crippen molar-refractivity contribution in [1.82, 2.24) is 0 Å². The maximum atomic E-state index is 6.07. The summed E-state index contributed by atoms with van der Waals surface area (Å²) < 4.78 is 10.1. The van der Waals surface area contributed by atoms with Crippen LogP contribution in [0.15, 0.2) is 34.5 Å². The van der Waals surface area contributed by atoms with Crippen LogP contribution >= 0.6 is 11.3 Å². The lowest BCUT2D eigenvalue weighted by atomic mass is 10.1. The van der Waals surface area contributed by atoms with Gasteiger partial charge in [-0.25, -0.2) is 0 Å². The Labute approximate surface area is 92.5 Å². The molecular formula is C11H13NO2S. The van der Waals surface area contributed by atoms with Crippen molar-refractivity contribution >= 4 is 11.3 Å². The second-order valence-corrected chi connectivity index (χ2v) is 4.27. The number of thiophene rings is 1. The molecule has 2 aromatic rings. The summed E-state index contributed by atoms with van der Waals surface area (Å²) in [4.78, 5) is 1.13. The highest BCUT2D eigenvalue weighted by atomic mass is 32.1. The highest BCUT2D eigenvalue weighted by Gasteiger charge is 2.10.